The number of nitrogens with one attached hydrogen (secondary N) is 2. The van der Waals surface area contributed by atoms with Gasteiger partial charge in [0.2, 0.25) is 5.91 Å². The highest BCUT2D eigenvalue weighted by Gasteiger charge is 2.06. The number of nitro groups is 1. The molecule has 0 bridgehead atoms. The summed E-state index contributed by atoms with van der Waals surface area (Å²) in [6.45, 7) is 0.933. The highest BCUT2D eigenvalue weighted by Crippen LogP contribution is 2.16. The van der Waals surface area contributed by atoms with Crippen LogP contribution in [0.4, 0.5) is 11.4 Å². The number of carbonyl (C=O) groups excluding carboxylic acids is 1. The zero-order chi connectivity index (χ0) is 19.8. The van der Waals surface area contributed by atoms with E-state index in [9.17, 15) is 14.9 Å². The van der Waals surface area contributed by atoms with Crippen LogP contribution in [0.15, 0.2) is 73.1 Å². The van der Waals surface area contributed by atoms with Crippen LogP contribution >= 0.6 is 0 Å². The monoisotopic (exact) mass is 376 g/mol. The van der Waals surface area contributed by atoms with E-state index >= 15 is 0 Å². The summed E-state index contributed by atoms with van der Waals surface area (Å²) in [5, 5.41) is 16.9. The van der Waals surface area contributed by atoms with Crippen molar-refractivity contribution >= 4 is 17.3 Å². The summed E-state index contributed by atoms with van der Waals surface area (Å²) in [4.78, 5) is 26.5. The lowest BCUT2D eigenvalue weighted by Crippen LogP contribution is -2.24. The van der Waals surface area contributed by atoms with Crippen molar-refractivity contribution < 1.29 is 9.72 Å². The number of non-ortho nitro benzene ring substituents is 1. The highest BCUT2D eigenvalue weighted by molar-refractivity contribution is 5.78. The molecule has 0 atom stereocenters. The van der Waals surface area contributed by atoms with E-state index in [1.54, 1.807) is 24.5 Å². The first-order chi connectivity index (χ1) is 13.6. The molecule has 7 heteroatoms. The Balaban J connectivity index is 1.48. The molecule has 1 heterocycles. The Morgan fingerprint density at radius 3 is 2.46 bits per heavy atom. The number of aromatic nitrogens is 1. The number of anilines is 1. The summed E-state index contributed by atoms with van der Waals surface area (Å²) in [6, 6.07) is 17.8. The fraction of sp³-hybridized carbons (Fsp3) is 0.143. The van der Waals surface area contributed by atoms with Gasteiger partial charge < -0.3 is 10.6 Å². The van der Waals surface area contributed by atoms with Gasteiger partial charge in [0.05, 0.1) is 11.3 Å². The van der Waals surface area contributed by atoms with E-state index in [1.807, 2.05) is 42.5 Å². The Hall–Kier alpha value is -3.74. The second kappa shape index (κ2) is 9.27. The Morgan fingerprint density at radius 1 is 0.964 bits per heavy atom. The second-order valence-electron chi connectivity index (χ2n) is 6.29. The molecule has 2 aromatic carbocycles. The number of pyridine rings is 1. The van der Waals surface area contributed by atoms with E-state index in [1.165, 1.54) is 6.07 Å². The first-order valence-electron chi connectivity index (χ1n) is 8.82. The molecular weight excluding hydrogens is 356 g/mol. The molecule has 0 saturated heterocycles. The summed E-state index contributed by atoms with van der Waals surface area (Å²) in [6.07, 6.45) is 3.72. The van der Waals surface area contributed by atoms with Gasteiger partial charge in [0, 0.05) is 43.3 Å². The van der Waals surface area contributed by atoms with Crippen molar-refractivity contribution in [3.8, 4) is 0 Å². The van der Waals surface area contributed by atoms with Crippen LogP contribution in [0, 0.1) is 10.1 Å². The minimum absolute atomic E-state index is 0.0545. The first-order valence-corrected chi connectivity index (χ1v) is 8.82. The molecule has 0 saturated carbocycles. The summed E-state index contributed by atoms with van der Waals surface area (Å²) >= 11 is 0. The third kappa shape index (κ3) is 5.63. The van der Waals surface area contributed by atoms with Gasteiger partial charge in [-0.3, -0.25) is 19.9 Å². The number of rotatable bonds is 8. The number of hydrogen-bond acceptors (Lipinski definition) is 5. The third-order valence-corrected chi connectivity index (χ3v) is 4.15. The number of carbonyl (C=O) groups is 1. The number of hydrogen-bond donors (Lipinski definition) is 2. The van der Waals surface area contributed by atoms with Gasteiger partial charge in [0.15, 0.2) is 0 Å². The Labute approximate surface area is 162 Å². The van der Waals surface area contributed by atoms with E-state index in [-0.39, 0.29) is 11.6 Å². The largest absolute Gasteiger partial charge is 0.381 e. The number of benzene rings is 2. The maximum Gasteiger partial charge on any atom is 0.269 e. The molecule has 2 N–H and O–H groups in total. The predicted molar refractivity (Wildman–Crippen MR) is 107 cm³/mol. The standard InChI is InChI=1S/C21H20N4O3/c26-21(24-15-18-4-2-10-22-13-18)12-16-6-8-19(9-7-16)23-14-17-3-1-5-20(11-17)25(27)28/h1-11,13,23H,12,14-15H2,(H,24,26). The maximum atomic E-state index is 12.1. The van der Waals surface area contributed by atoms with Crippen molar-refractivity contribution in [2.24, 2.45) is 0 Å². The smallest absolute Gasteiger partial charge is 0.269 e. The van der Waals surface area contributed by atoms with Crippen LogP contribution in [-0.2, 0) is 24.3 Å². The number of nitrogens with zero attached hydrogens (tertiary/aromatic N) is 2. The van der Waals surface area contributed by atoms with E-state index in [0.717, 1.165) is 22.4 Å². The average Bonchev–Trinajstić information content (AvgIpc) is 2.73. The van der Waals surface area contributed by atoms with Crippen molar-refractivity contribution in [1.29, 1.82) is 0 Å². The van der Waals surface area contributed by atoms with Gasteiger partial charge in [0.25, 0.3) is 5.69 Å². The average molecular weight is 376 g/mol. The minimum atomic E-state index is -0.405. The van der Waals surface area contributed by atoms with Gasteiger partial charge in [-0.15, -0.1) is 0 Å². The van der Waals surface area contributed by atoms with E-state index in [2.05, 4.69) is 15.6 Å². The molecule has 142 valence electrons. The van der Waals surface area contributed by atoms with Crippen molar-refractivity contribution in [3.63, 3.8) is 0 Å². The molecule has 3 rings (SSSR count). The topological polar surface area (TPSA) is 97.2 Å². The Morgan fingerprint density at radius 2 is 1.75 bits per heavy atom. The number of amides is 1. The summed E-state index contributed by atoms with van der Waals surface area (Å²) < 4.78 is 0. The van der Waals surface area contributed by atoms with Gasteiger partial charge in [-0.1, -0.05) is 30.3 Å². The molecule has 7 nitrogen and oxygen atoms in total. The molecule has 28 heavy (non-hydrogen) atoms. The predicted octanol–water partition coefficient (Wildman–Crippen LogP) is 3.46. The van der Waals surface area contributed by atoms with E-state index in [4.69, 9.17) is 0 Å². The quantitative estimate of drug-likeness (QED) is 0.463. The first kappa shape index (κ1) is 19.0. The van der Waals surface area contributed by atoms with Gasteiger partial charge in [-0.05, 0) is 34.9 Å². The van der Waals surface area contributed by atoms with Gasteiger partial charge in [-0.2, -0.15) is 0 Å². The summed E-state index contributed by atoms with van der Waals surface area (Å²) in [7, 11) is 0. The molecular formula is C21H20N4O3. The van der Waals surface area contributed by atoms with Crippen LogP contribution in [0.1, 0.15) is 16.7 Å². The minimum Gasteiger partial charge on any atom is -0.381 e. The third-order valence-electron chi connectivity index (χ3n) is 4.15. The van der Waals surface area contributed by atoms with Crippen molar-refractivity contribution in [3.05, 3.63) is 99.9 Å². The van der Waals surface area contributed by atoms with Gasteiger partial charge in [0.1, 0.15) is 0 Å². The lowest BCUT2D eigenvalue weighted by molar-refractivity contribution is -0.384. The van der Waals surface area contributed by atoms with Crippen molar-refractivity contribution in [2.75, 3.05) is 5.32 Å². The zero-order valence-corrected chi connectivity index (χ0v) is 15.2. The van der Waals surface area contributed by atoms with Gasteiger partial charge >= 0.3 is 0 Å². The van der Waals surface area contributed by atoms with Crippen LogP contribution in [0.2, 0.25) is 0 Å². The Kier molecular flexibility index (Phi) is 6.30. The molecule has 0 radical (unpaired) electrons. The summed E-state index contributed by atoms with van der Waals surface area (Å²) in [5.41, 5.74) is 3.65. The highest BCUT2D eigenvalue weighted by atomic mass is 16.6. The van der Waals surface area contributed by atoms with Crippen LogP contribution in [0.25, 0.3) is 0 Å². The summed E-state index contributed by atoms with van der Waals surface area (Å²) in [5.74, 6) is -0.0545. The fourth-order valence-corrected chi connectivity index (χ4v) is 2.68. The normalized spacial score (nSPS) is 10.3. The van der Waals surface area contributed by atoms with Crippen LogP contribution in [0.5, 0.6) is 0 Å². The van der Waals surface area contributed by atoms with Gasteiger partial charge in [-0.25, -0.2) is 0 Å². The van der Waals surface area contributed by atoms with E-state index in [0.29, 0.717) is 19.5 Å². The lowest BCUT2D eigenvalue weighted by Gasteiger charge is -2.08. The fourth-order valence-electron chi connectivity index (χ4n) is 2.68. The maximum absolute atomic E-state index is 12.1. The molecule has 0 aliphatic heterocycles. The van der Waals surface area contributed by atoms with Crippen LogP contribution in [-0.4, -0.2) is 15.8 Å². The Bertz CT molecular complexity index is 943. The van der Waals surface area contributed by atoms with E-state index < -0.39 is 4.92 Å². The molecule has 1 aromatic heterocycles. The zero-order valence-electron chi connectivity index (χ0n) is 15.2. The molecule has 0 fully saturated rings. The molecule has 0 aliphatic rings. The van der Waals surface area contributed by atoms with Crippen molar-refractivity contribution in [2.45, 2.75) is 19.5 Å². The SMILES string of the molecule is O=C(Cc1ccc(NCc2cccc([N+](=O)[O-])c2)cc1)NCc1cccnc1. The lowest BCUT2D eigenvalue weighted by atomic mass is 10.1. The molecule has 0 spiro atoms. The second-order valence-corrected chi connectivity index (χ2v) is 6.29. The number of nitro benzene ring substituents is 1. The molecule has 3 aromatic rings. The van der Waals surface area contributed by atoms with Crippen molar-refractivity contribution in [1.82, 2.24) is 10.3 Å². The molecule has 0 unspecified atom stereocenters. The molecule has 0 aliphatic carbocycles. The van der Waals surface area contributed by atoms with Crippen LogP contribution < -0.4 is 10.6 Å². The van der Waals surface area contributed by atoms with Crippen LogP contribution in [0.3, 0.4) is 0 Å². The molecule has 1 amide bonds.